The van der Waals surface area contributed by atoms with E-state index in [0.29, 0.717) is 0 Å². The molecule has 0 nitrogen and oxygen atoms in total. The first-order chi connectivity index (χ1) is 5.22. The van der Waals surface area contributed by atoms with Crippen LogP contribution in [0.15, 0.2) is 0 Å². The highest BCUT2D eigenvalue weighted by atomic mass is 32.1. The van der Waals surface area contributed by atoms with Gasteiger partial charge in [-0.2, -0.15) is 12.6 Å². The van der Waals surface area contributed by atoms with Crippen LogP contribution in [0.5, 0.6) is 0 Å². The summed E-state index contributed by atoms with van der Waals surface area (Å²) in [7, 11) is 0. The minimum absolute atomic E-state index is 0.727. The Morgan fingerprint density at radius 3 is 1.64 bits per heavy atom. The molecule has 11 heavy (non-hydrogen) atoms. The number of thiol groups is 1. The van der Waals surface area contributed by atoms with Gasteiger partial charge in [0.1, 0.15) is 0 Å². The van der Waals surface area contributed by atoms with Gasteiger partial charge < -0.3 is 0 Å². The van der Waals surface area contributed by atoms with Crippen LogP contribution in [0.4, 0.5) is 0 Å². The summed E-state index contributed by atoms with van der Waals surface area (Å²) in [4.78, 5) is 0. The van der Waals surface area contributed by atoms with E-state index in [9.17, 15) is 0 Å². The van der Waals surface area contributed by atoms with E-state index in [1.54, 1.807) is 0 Å². The number of unbranched alkanes of at least 4 members (excludes halogenated alkanes) is 2. The maximum absolute atomic E-state index is 4.28. The van der Waals surface area contributed by atoms with Gasteiger partial charge in [0.2, 0.25) is 0 Å². The second-order valence-electron chi connectivity index (χ2n) is 3.48. The molecule has 0 heterocycles. The summed E-state index contributed by atoms with van der Waals surface area (Å²) in [5.41, 5.74) is 0. The monoisotopic (exact) mass is 174 g/mol. The van der Waals surface area contributed by atoms with E-state index in [1.807, 2.05) is 0 Å². The Balaban J connectivity index is 0.000000187. The molecule has 0 amide bonds. The predicted molar refractivity (Wildman–Crippen MR) is 56.4 cm³/mol. The van der Waals surface area contributed by atoms with Gasteiger partial charge in [0.15, 0.2) is 0 Å². The zero-order valence-corrected chi connectivity index (χ0v) is 9.03. The molecule has 0 radical (unpaired) electrons. The third-order valence-electron chi connectivity index (χ3n) is 2.28. The number of hydrogen-bond acceptors (Lipinski definition) is 1. The van der Waals surface area contributed by atoms with Crippen LogP contribution in [0, 0.1) is 5.92 Å². The molecular formula is C10H22S. The molecule has 0 bridgehead atoms. The van der Waals surface area contributed by atoms with Gasteiger partial charge in [-0.25, -0.2) is 0 Å². The Hall–Kier alpha value is 0.350. The summed E-state index contributed by atoms with van der Waals surface area (Å²) < 4.78 is 0. The second kappa shape index (κ2) is 7.02. The third kappa shape index (κ3) is 5.60. The predicted octanol–water partition coefficient (Wildman–Crippen LogP) is 3.91. The average molecular weight is 174 g/mol. The maximum Gasteiger partial charge on any atom is 0.00425 e. The highest BCUT2D eigenvalue weighted by Gasteiger charge is 2.21. The van der Waals surface area contributed by atoms with Crippen molar-refractivity contribution in [3.8, 4) is 0 Å². The molecule has 0 saturated heterocycles. The van der Waals surface area contributed by atoms with Crippen LogP contribution in [0.25, 0.3) is 0 Å². The van der Waals surface area contributed by atoms with Crippen LogP contribution in [0.2, 0.25) is 0 Å². The van der Waals surface area contributed by atoms with Gasteiger partial charge in [-0.3, -0.25) is 0 Å². The second-order valence-corrected chi connectivity index (χ2v) is 4.14. The molecule has 1 aliphatic rings. The van der Waals surface area contributed by atoms with Gasteiger partial charge in [-0.05, 0) is 18.8 Å². The standard InChI is InChI=1S/C5H10S.C5H12/c1-4-2-3-5(4)6;1-3-5-4-2/h4-6H,2-3H2,1H3;3-5H2,1-2H3. The first kappa shape index (κ1) is 11.4. The summed E-state index contributed by atoms with van der Waals surface area (Å²) in [6, 6.07) is 0. The molecule has 2 atom stereocenters. The van der Waals surface area contributed by atoms with Crippen molar-refractivity contribution in [1.82, 2.24) is 0 Å². The SMILES string of the molecule is CC1CCC1S.CCCCC. The highest BCUT2D eigenvalue weighted by Crippen LogP contribution is 2.30. The van der Waals surface area contributed by atoms with Crippen LogP contribution in [-0.2, 0) is 0 Å². The van der Waals surface area contributed by atoms with E-state index in [1.165, 1.54) is 32.1 Å². The van der Waals surface area contributed by atoms with Crippen molar-refractivity contribution >= 4 is 12.6 Å². The molecule has 2 unspecified atom stereocenters. The molecule has 0 aromatic carbocycles. The smallest absolute Gasteiger partial charge is 0.00425 e. The fourth-order valence-corrected chi connectivity index (χ4v) is 1.30. The first-order valence-electron chi connectivity index (χ1n) is 4.90. The van der Waals surface area contributed by atoms with Crippen LogP contribution >= 0.6 is 12.6 Å². The molecule has 0 aromatic heterocycles. The Morgan fingerprint density at radius 1 is 1.18 bits per heavy atom. The Bertz CT molecular complexity index is 70.9. The van der Waals surface area contributed by atoms with E-state index in [0.717, 1.165) is 11.2 Å². The highest BCUT2D eigenvalue weighted by molar-refractivity contribution is 7.81. The molecule has 1 fully saturated rings. The molecule has 68 valence electrons. The van der Waals surface area contributed by atoms with Gasteiger partial charge in [-0.1, -0.05) is 40.0 Å². The normalized spacial score (nSPS) is 28.4. The van der Waals surface area contributed by atoms with Crippen LogP contribution in [0.1, 0.15) is 52.9 Å². The first-order valence-corrected chi connectivity index (χ1v) is 5.42. The molecule has 0 aliphatic heterocycles. The maximum atomic E-state index is 4.28. The molecule has 0 N–H and O–H groups in total. The molecule has 0 aromatic rings. The van der Waals surface area contributed by atoms with Crippen molar-refractivity contribution in [3.05, 3.63) is 0 Å². The van der Waals surface area contributed by atoms with Crippen molar-refractivity contribution in [1.29, 1.82) is 0 Å². The quantitative estimate of drug-likeness (QED) is 0.603. The fourth-order valence-electron chi connectivity index (χ4n) is 1.00. The number of hydrogen-bond donors (Lipinski definition) is 1. The van der Waals surface area contributed by atoms with Crippen molar-refractivity contribution in [3.63, 3.8) is 0 Å². The molecule has 1 rings (SSSR count). The van der Waals surface area contributed by atoms with Crippen LogP contribution in [0.3, 0.4) is 0 Å². The fraction of sp³-hybridized carbons (Fsp3) is 1.00. The molecule has 1 saturated carbocycles. The van der Waals surface area contributed by atoms with E-state index in [-0.39, 0.29) is 0 Å². The lowest BCUT2D eigenvalue weighted by Gasteiger charge is -2.28. The molecular weight excluding hydrogens is 152 g/mol. The van der Waals surface area contributed by atoms with Crippen molar-refractivity contribution in [2.45, 2.75) is 58.1 Å². The lowest BCUT2D eigenvalue weighted by Crippen LogP contribution is -2.22. The van der Waals surface area contributed by atoms with Crippen molar-refractivity contribution in [2.75, 3.05) is 0 Å². The molecule has 0 spiro atoms. The summed E-state index contributed by atoms with van der Waals surface area (Å²) in [5, 5.41) is 0.727. The largest absolute Gasteiger partial charge is 0.176 e. The van der Waals surface area contributed by atoms with Crippen LogP contribution in [-0.4, -0.2) is 5.25 Å². The summed E-state index contributed by atoms with van der Waals surface area (Å²) in [5.74, 6) is 0.897. The van der Waals surface area contributed by atoms with E-state index >= 15 is 0 Å². The third-order valence-corrected chi connectivity index (χ3v) is 3.05. The van der Waals surface area contributed by atoms with E-state index < -0.39 is 0 Å². The topological polar surface area (TPSA) is 0 Å². The van der Waals surface area contributed by atoms with Gasteiger partial charge >= 0.3 is 0 Å². The van der Waals surface area contributed by atoms with Gasteiger partial charge in [0.25, 0.3) is 0 Å². The number of rotatable bonds is 2. The lowest BCUT2D eigenvalue weighted by molar-refractivity contribution is 0.365. The van der Waals surface area contributed by atoms with Crippen molar-refractivity contribution < 1.29 is 0 Å². The Morgan fingerprint density at radius 2 is 1.64 bits per heavy atom. The van der Waals surface area contributed by atoms with Gasteiger partial charge in [0.05, 0.1) is 0 Å². The summed E-state index contributed by atoms with van der Waals surface area (Å²) >= 11 is 4.28. The summed E-state index contributed by atoms with van der Waals surface area (Å²) in [6.45, 7) is 6.67. The average Bonchev–Trinajstić information content (AvgIpc) is 2.04. The van der Waals surface area contributed by atoms with Crippen LogP contribution < -0.4 is 0 Å². The van der Waals surface area contributed by atoms with Crippen molar-refractivity contribution in [2.24, 2.45) is 5.92 Å². The van der Waals surface area contributed by atoms with E-state index in [2.05, 4.69) is 33.4 Å². The zero-order chi connectivity index (χ0) is 8.69. The Kier molecular flexibility index (Phi) is 7.25. The van der Waals surface area contributed by atoms with Gasteiger partial charge in [0, 0.05) is 5.25 Å². The zero-order valence-electron chi connectivity index (χ0n) is 8.14. The molecule has 1 heteroatoms. The minimum atomic E-state index is 0.727. The summed E-state index contributed by atoms with van der Waals surface area (Å²) in [6.07, 6.45) is 6.81. The lowest BCUT2D eigenvalue weighted by atomic mass is 9.87. The van der Waals surface area contributed by atoms with E-state index in [4.69, 9.17) is 0 Å². The van der Waals surface area contributed by atoms with Gasteiger partial charge in [-0.15, -0.1) is 0 Å². The minimum Gasteiger partial charge on any atom is -0.176 e. The molecule has 1 aliphatic carbocycles. The Labute approximate surface area is 77.2 Å².